The maximum Gasteiger partial charge on any atom is 0.142 e. The van der Waals surface area contributed by atoms with Crippen LogP contribution >= 0.6 is 0 Å². The zero-order chi connectivity index (χ0) is 20.9. The highest BCUT2D eigenvalue weighted by atomic mass is 32.2. The highest BCUT2D eigenvalue weighted by Gasteiger charge is 2.26. The molecule has 3 heterocycles. The van der Waals surface area contributed by atoms with Gasteiger partial charge in [0.25, 0.3) is 0 Å². The monoisotopic (exact) mass is 425 g/mol. The minimum atomic E-state index is 0.113. The fraction of sp³-hybridized carbons (Fsp3) is 0.545. The second kappa shape index (κ2) is 9.64. The number of nitrogens with zero attached hydrogens (tertiary/aromatic N) is 6. The van der Waals surface area contributed by atoms with E-state index in [1.807, 2.05) is 25.5 Å². The van der Waals surface area contributed by atoms with Gasteiger partial charge in [-0.15, -0.1) is 10.7 Å². The van der Waals surface area contributed by atoms with Crippen LogP contribution < -0.4 is 4.90 Å². The Kier molecular flexibility index (Phi) is 6.72. The molecule has 0 radical (unpaired) electrons. The van der Waals surface area contributed by atoms with Gasteiger partial charge in [-0.2, -0.15) is 0 Å². The van der Waals surface area contributed by atoms with E-state index in [2.05, 4.69) is 49.9 Å². The summed E-state index contributed by atoms with van der Waals surface area (Å²) in [5.41, 5.74) is 2.83. The van der Waals surface area contributed by atoms with Crippen LogP contribution in [0.15, 0.2) is 35.3 Å². The SMILES string of the molecule is CCS(CC1CCC(N(C)c2ncnc3[nH]ccc23)CC1)=NCc1cnc(C)cn1. The average molecular weight is 426 g/mol. The first-order valence-corrected chi connectivity index (χ1v) is 12.3. The Morgan fingerprint density at radius 2 is 1.97 bits per heavy atom. The molecule has 1 fully saturated rings. The fourth-order valence-electron chi connectivity index (χ4n) is 4.20. The molecule has 7 nitrogen and oxygen atoms in total. The summed E-state index contributed by atoms with van der Waals surface area (Å²) < 4.78 is 4.96. The molecule has 1 unspecified atom stereocenters. The largest absolute Gasteiger partial charge is 0.356 e. The minimum Gasteiger partial charge on any atom is -0.356 e. The van der Waals surface area contributed by atoms with Crippen molar-refractivity contribution < 1.29 is 0 Å². The summed E-state index contributed by atoms with van der Waals surface area (Å²) in [6, 6.07) is 2.61. The molecule has 1 saturated carbocycles. The van der Waals surface area contributed by atoms with Crippen molar-refractivity contribution in [3.63, 3.8) is 0 Å². The van der Waals surface area contributed by atoms with Crippen LogP contribution in [0.4, 0.5) is 5.82 Å². The van der Waals surface area contributed by atoms with Gasteiger partial charge in [0.05, 0.1) is 29.5 Å². The molecular formula is C22H31N7S. The van der Waals surface area contributed by atoms with Gasteiger partial charge in [0.2, 0.25) is 0 Å². The molecule has 1 aliphatic carbocycles. The molecule has 1 aliphatic rings. The van der Waals surface area contributed by atoms with Gasteiger partial charge in [0.15, 0.2) is 0 Å². The van der Waals surface area contributed by atoms with Crippen LogP contribution in [0, 0.1) is 12.8 Å². The van der Waals surface area contributed by atoms with Gasteiger partial charge in [-0.3, -0.25) is 14.3 Å². The van der Waals surface area contributed by atoms with Crippen molar-refractivity contribution in [1.29, 1.82) is 0 Å². The summed E-state index contributed by atoms with van der Waals surface area (Å²) in [5.74, 6) is 4.13. The highest BCUT2D eigenvalue weighted by molar-refractivity contribution is 7.87. The van der Waals surface area contributed by atoms with E-state index < -0.39 is 0 Å². The summed E-state index contributed by atoms with van der Waals surface area (Å²) in [4.78, 5) is 23.2. The van der Waals surface area contributed by atoms with Gasteiger partial charge in [0, 0.05) is 37.0 Å². The predicted molar refractivity (Wildman–Crippen MR) is 124 cm³/mol. The number of hydrogen-bond acceptors (Lipinski definition) is 6. The molecule has 1 N–H and O–H groups in total. The number of hydrogen-bond donors (Lipinski definition) is 1. The van der Waals surface area contributed by atoms with Gasteiger partial charge >= 0.3 is 0 Å². The number of aryl methyl sites for hydroxylation is 1. The van der Waals surface area contributed by atoms with Gasteiger partial charge in [0.1, 0.15) is 17.8 Å². The molecule has 160 valence electrons. The number of H-pyrrole nitrogens is 1. The Labute approximate surface area is 180 Å². The van der Waals surface area contributed by atoms with E-state index in [0.29, 0.717) is 12.6 Å². The fourth-order valence-corrected chi connectivity index (χ4v) is 5.92. The Morgan fingerprint density at radius 1 is 1.13 bits per heavy atom. The molecule has 1 atom stereocenters. The lowest BCUT2D eigenvalue weighted by Crippen LogP contribution is -2.36. The molecule has 0 saturated heterocycles. The molecule has 0 aromatic carbocycles. The molecule has 3 aromatic rings. The van der Waals surface area contributed by atoms with Gasteiger partial charge in [-0.1, -0.05) is 6.92 Å². The maximum atomic E-state index is 4.96. The van der Waals surface area contributed by atoms with E-state index >= 15 is 0 Å². The lowest BCUT2D eigenvalue weighted by molar-refractivity contribution is 0.344. The second-order valence-electron chi connectivity index (χ2n) is 8.08. The van der Waals surface area contributed by atoms with Gasteiger partial charge in [-0.05, 0) is 44.6 Å². The number of nitrogens with one attached hydrogen (secondary N) is 1. The summed E-state index contributed by atoms with van der Waals surface area (Å²) >= 11 is 0. The van der Waals surface area contributed by atoms with Crippen molar-refractivity contribution >= 4 is 27.5 Å². The van der Waals surface area contributed by atoms with Crippen LogP contribution in [0.3, 0.4) is 0 Å². The van der Waals surface area contributed by atoms with Crippen molar-refractivity contribution in [1.82, 2.24) is 24.9 Å². The van der Waals surface area contributed by atoms with E-state index in [-0.39, 0.29) is 10.7 Å². The summed E-state index contributed by atoms with van der Waals surface area (Å²) in [6.45, 7) is 4.90. The number of fused-ring (bicyclic) bond motifs is 1. The smallest absolute Gasteiger partial charge is 0.142 e. The molecule has 0 amide bonds. The minimum absolute atomic E-state index is 0.113. The number of aromatic nitrogens is 5. The molecule has 0 bridgehead atoms. The van der Waals surface area contributed by atoms with E-state index in [9.17, 15) is 0 Å². The van der Waals surface area contributed by atoms with Crippen LogP contribution in [0.2, 0.25) is 0 Å². The molecule has 0 aliphatic heterocycles. The first kappa shape index (κ1) is 20.9. The van der Waals surface area contributed by atoms with Crippen molar-refractivity contribution in [2.45, 2.75) is 52.1 Å². The average Bonchev–Trinajstić information content (AvgIpc) is 3.27. The third-order valence-corrected chi connectivity index (χ3v) is 8.05. The molecule has 0 spiro atoms. The topological polar surface area (TPSA) is 83.0 Å². The first-order valence-electron chi connectivity index (χ1n) is 10.8. The van der Waals surface area contributed by atoms with Crippen molar-refractivity contribution in [3.05, 3.63) is 42.4 Å². The lowest BCUT2D eigenvalue weighted by Gasteiger charge is -2.35. The zero-order valence-electron chi connectivity index (χ0n) is 18.1. The first-order chi connectivity index (χ1) is 14.6. The van der Waals surface area contributed by atoms with Crippen molar-refractivity contribution in [2.24, 2.45) is 10.3 Å². The van der Waals surface area contributed by atoms with Crippen LogP contribution in [0.5, 0.6) is 0 Å². The molecule has 4 rings (SSSR count). The third-order valence-electron chi connectivity index (χ3n) is 6.04. The molecule has 8 heteroatoms. The molecular weight excluding hydrogens is 394 g/mol. The highest BCUT2D eigenvalue weighted by Crippen LogP contribution is 2.32. The van der Waals surface area contributed by atoms with Crippen LogP contribution in [-0.4, -0.2) is 49.5 Å². The molecule has 30 heavy (non-hydrogen) atoms. The van der Waals surface area contributed by atoms with E-state index in [1.165, 1.54) is 31.4 Å². The number of rotatable bonds is 7. The third kappa shape index (κ3) is 4.86. The normalized spacial score (nSPS) is 20.5. The molecule has 3 aromatic heterocycles. The van der Waals surface area contributed by atoms with E-state index in [0.717, 1.165) is 39.9 Å². The lowest BCUT2D eigenvalue weighted by atomic mass is 9.86. The van der Waals surface area contributed by atoms with Crippen molar-refractivity contribution in [2.75, 3.05) is 23.5 Å². The quantitative estimate of drug-likeness (QED) is 0.617. The predicted octanol–water partition coefficient (Wildman–Crippen LogP) is 4.07. The van der Waals surface area contributed by atoms with Crippen LogP contribution in [0.25, 0.3) is 11.0 Å². The Morgan fingerprint density at radius 3 is 2.70 bits per heavy atom. The summed E-state index contributed by atoms with van der Waals surface area (Å²) in [7, 11) is 2.29. The Balaban J connectivity index is 1.32. The Hall–Kier alpha value is -2.35. The zero-order valence-corrected chi connectivity index (χ0v) is 18.9. The van der Waals surface area contributed by atoms with E-state index in [1.54, 1.807) is 6.33 Å². The number of anilines is 1. The van der Waals surface area contributed by atoms with Gasteiger partial charge < -0.3 is 9.88 Å². The number of aromatic amines is 1. The van der Waals surface area contributed by atoms with E-state index in [4.69, 9.17) is 4.36 Å². The van der Waals surface area contributed by atoms with Crippen LogP contribution in [0.1, 0.15) is 44.0 Å². The maximum absolute atomic E-state index is 4.96. The second-order valence-corrected chi connectivity index (χ2v) is 10.2. The Bertz CT molecular complexity index is 990. The summed E-state index contributed by atoms with van der Waals surface area (Å²) in [5, 5.41) is 1.10. The standard InChI is InChI=1S/C22H31N7S/c1-4-30(28-13-18-12-24-16(2)11-25-18)14-17-5-7-19(8-6-17)29(3)22-20-9-10-23-21(20)26-15-27-22/h9-12,15,17,19H,4-8,13-14H2,1-3H3,(H,23,26,27). The van der Waals surface area contributed by atoms with Crippen molar-refractivity contribution in [3.8, 4) is 0 Å². The van der Waals surface area contributed by atoms with Gasteiger partial charge in [-0.25, -0.2) is 9.97 Å². The van der Waals surface area contributed by atoms with Crippen LogP contribution in [-0.2, 0) is 17.2 Å². The summed E-state index contributed by atoms with van der Waals surface area (Å²) in [6.07, 6.45) is 12.2.